The highest BCUT2D eigenvalue weighted by molar-refractivity contribution is 6.09. The predicted molar refractivity (Wildman–Crippen MR) is 168 cm³/mol. The molecule has 42 heavy (non-hydrogen) atoms. The molecule has 11 rings (SSSR count). The van der Waals surface area contributed by atoms with Crippen LogP contribution < -0.4 is 4.90 Å². The molecule has 9 aliphatic rings. The van der Waals surface area contributed by atoms with Crippen LogP contribution >= 0.6 is 0 Å². The summed E-state index contributed by atoms with van der Waals surface area (Å²) in [4.78, 5) is 14.4. The predicted octanol–water partition coefficient (Wildman–Crippen LogP) is 6.95. The van der Waals surface area contributed by atoms with E-state index in [0.717, 1.165) is 24.8 Å². The Morgan fingerprint density at radius 1 is 0.905 bits per heavy atom. The van der Waals surface area contributed by atoms with Crippen molar-refractivity contribution in [1.82, 2.24) is 9.80 Å². The van der Waals surface area contributed by atoms with Crippen molar-refractivity contribution in [2.45, 2.75) is 81.7 Å². The van der Waals surface area contributed by atoms with Crippen LogP contribution in [0.3, 0.4) is 0 Å². The molecule has 8 atom stereocenters. The van der Waals surface area contributed by atoms with Crippen LogP contribution in [0.4, 0.5) is 11.4 Å². The number of aliphatic imine (C=N–C) groups is 1. The molecule has 3 saturated heterocycles. The minimum Gasteiger partial charge on any atom is -0.373 e. The van der Waals surface area contributed by atoms with E-state index in [1.54, 1.807) is 22.5 Å². The minimum atomic E-state index is 0.0616. The molecule has 0 amide bonds. The van der Waals surface area contributed by atoms with Crippen molar-refractivity contribution >= 4 is 17.1 Å². The van der Waals surface area contributed by atoms with E-state index in [4.69, 9.17) is 4.99 Å². The number of anilines is 1. The maximum atomic E-state index is 5.82. The Balaban J connectivity index is 1.21. The summed E-state index contributed by atoms with van der Waals surface area (Å²) in [5.41, 5.74) is 13.3. The molecular formula is C38H42N4. The second kappa shape index (κ2) is 7.44. The fourth-order valence-corrected chi connectivity index (χ4v) is 13.1. The van der Waals surface area contributed by atoms with E-state index in [9.17, 15) is 0 Å². The number of nitrogens with zero attached hydrogens (tertiary/aromatic N) is 4. The first-order valence-corrected chi connectivity index (χ1v) is 17.1. The van der Waals surface area contributed by atoms with Crippen LogP contribution in [-0.4, -0.2) is 53.8 Å². The van der Waals surface area contributed by atoms with Crippen LogP contribution in [0.25, 0.3) is 0 Å². The van der Waals surface area contributed by atoms with E-state index in [1.165, 1.54) is 75.1 Å². The molecule has 8 unspecified atom stereocenters. The van der Waals surface area contributed by atoms with Crippen LogP contribution in [0.5, 0.6) is 0 Å². The van der Waals surface area contributed by atoms with Gasteiger partial charge in [-0.2, -0.15) is 0 Å². The Labute approximate surface area is 250 Å². The fraction of sp³-hybridized carbons (Fsp3) is 0.553. The van der Waals surface area contributed by atoms with E-state index < -0.39 is 0 Å². The number of piperidine rings is 1. The number of para-hydroxylation sites is 2. The zero-order valence-electron chi connectivity index (χ0n) is 25.1. The molecule has 7 aliphatic heterocycles. The molecule has 0 aromatic heterocycles. The molecule has 0 radical (unpaired) electrons. The van der Waals surface area contributed by atoms with Gasteiger partial charge in [-0.1, -0.05) is 62.2 Å². The first-order valence-electron chi connectivity index (χ1n) is 17.1. The largest absolute Gasteiger partial charge is 0.373 e. The lowest BCUT2D eigenvalue weighted by atomic mass is 9.46. The van der Waals surface area contributed by atoms with Crippen molar-refractivity contribution in [3.05, 3.63) is 82.7 Å². The summed E-state index contributed by atoms with van der Waals surface area (Å²) in [6.07, 6.45) is 11.5. The van der Waals surface area contributed by atoms with Gasteiger partial charge in [0.1, 0.15) is 0 Å². The Morgan fingerprint density at radius 2 is 1.74 bits per heavy atom. The van der Waals surface area contributed by atoms with Gasteiger partial charge < -0.3 is 9.80 Å². The maximum Gasteiger partial charge on any atom is 0.0672 e. The molecule has 4 bridgehead atoms. The number of hydrogen-bond acceptors (Lipinski definition) is 4. The van der Waals surface area contributed by atoms with Gasteiger partial charge in [-0.25, -0.2) is 0 Å². The van der Waals surface area contributed by atoms with Gasteiger partial charge in [-0.3, -0.25) is 9.89 Å². The van der Waals surface area contributed by atoms with Crippen molar-refractivity contribution in [2.24, 2.45) is 28.2 Å². The molecule has 2 aromatic carbocycles. The first kappa shape index (κ1) is 23.6. The SMILES string of the molecule is CCC1=CN2CCC34C(=Nc5ccccc53)C3(CC5=C6N(C3)c3ccccc3C63CCN6CC(CC)C5CC63)C1CC24. The maximum absolute atomic E-state index is 5.82. The quantitative estimate of drug-likeness (QED) is 0.401. The van der Waals surface area contributed by atoms with E-state index >= 15 is 0 Å². The molecular weight excluding hydrogens is 512 g/mol. The van der Waals surface area contributed by atoms with E-state index in [0.29, 0.717) is 18.0 Å². The van der Waals surface area contributed by atoms with Gasteiger partial charge in [-0.15, -0.1) is 0 Å². The third-order valence-electron chi connectivity index (χ3n) is 14.5. The highest BCUT2D eigenvalue weighted by Gasteiger charge is 2.72. The number of fused-ring (bicyclic) bond motifs is 8. The van der Waals surface area contributed by atoms with Crippen molar-refractivity contribution in [3.63, 3.8) is 0 Å². The second-order valence-electron chi connectivity index (χ2n) is 15.4. The number of rotatable bonds is 2. The molecule has 4 heteroatoms. The van der Waals surface area contributed by atoms with Crippen LogP contribution in [0.1, 0.15) is 69.9 Å². The van der Waals surface area contributed by atoms with Crippen molar-refractivity contribution in [3.8, 4) is 0 Å². The van der Waals surface area contributed by atoms with Crippen LogP contribution in [0.2, 0.25) is 0 Å². The van der Waals surface area contributed by atoms with Crippen molar-refractivity contribution < 1.29 is 0 Å². The van der Waals surface area contributed by atoms with Gasteiger partial charge in [-0.05, 0) is 97.9 Å². The first-order chi connectivity index (χ1) is 20.6. The average Bonchev–Trinajstić information content (AvgIpc) is 3.79. The monoisotopic (exact) mass is 554 g/mol. The summed E-state index contributed by atoms with van der Waals surface area (Å²) >= 11 is 0. The van der Waals surface area contributed by atoms with Gasteiger partial charge in [0, 0.05) is 54.2 Å². The molecule has 3 spiro atoms. The zero-order chi connectivity index (χ0) is 27.6. The van der Waals surface area contributed by atoms with Gasteiger partial charge >= 0.3 is 0 Å². The Bertz CT molecular complexity index is 1680. The Hall–Kier alpha value is -2.85. The summed E-state index contributed by atoms with van der Waals surface area (Å²) in [6, 6.07) is 20.2. The third kappa shape index (κ3) is 2.30. The standard InChI is InChI=1S/C38H42N4/c1-3-23-20-40-15-13-37-28-10-6-8-12-31(28)42-22-36(19-26(34(37)42)25(23)17-32(37)40)29-18-33-38(14-16-41(33)21-24(29)4-2)27-9-5-7-11-30(27)39-35(36)38/h5-12,21,23,25,29,32-33H,3-4,13-20,22H2,1-2H3. The lowest BCUT2D eigenvalue weighted by Crippen LogP contribution is -2.67. The van der Waals surface area contributed by atoms with Crippen molar-refractivity contribution in [2.75, 3.05) is 31.1 Å². The van der Waals surface area contributed by atoms with Crippen LogP contribution in [-0.2, 0) is 10.8 Å². The van der Waals surface area contributed by atoms with Gasteiger partial charge in [0.2, 0.25) is 0 Å². The normalized spacial score (nSPS) is 42.9. The molecule has 2 aliphatic carbocycles. The smallest absolute Gasteiger partial charge is 0.0672 e. The summed E-state index contributed by atoms with van der Waals surface area (Å²) in [5, 5.41) is 0. The Morgan fingerprint density at radius 3 is 2.62 bits per heavy atom. The van der Waals surface area contributed by atoms with E-state index in [1.807, 2.05) is 5.57 Å². The number of benzene rings is 2. The van der Waals surface area contributed by atoms with Gasteiger partial charge in [0.25, 0.3) is 0 Å². The zero-order valence-corrected chi connectivity index (χ0v) is 25.1. The highest BCUT2D eigenvalue weighted by Crippen LogP contribution is 2.71. The summed E-state index contributed by atoms with van der Waals surface area (Å²) in [6.45, 7) is 9.75. The average molecular weight is 555 g/mol. The molecule has 1 saturated carbocycles. The Kier molecular flexibility index (Phi) is 4.18. The van der Waals surface area contributed by atoms with Gasteiger partial charge in [0.05, 0.1) is 16.5 Å². The molecule has 214 valence electrons. The summed E-state index contributed by atoms with van der Waals surface area (Å²) in [5.74, 6) is 2.09. The minimum absolute atomic E-state index is 0.0616. The van der Waals surface area contributed by atoms with Gasteiger partial charge in [0.15, 0.2) is 0 Å². The van der Waals surface area contributed by atoms with Crippen LogP contribution in [0.15, 0.2) is 76.6 Å². The lowest BCUT2D eigenvalue weighted by Gasteiger charge is -2.62. The molecule has 2 aromatic rings. The van der Waals surface area contributed by atoms with E-state index in [-0.39, 0.29) is 16.2 Å². The molecule has 0 N–H and O–H groups in total. The molecule has 4 fully saturated rings. The lowest BCUT2D eigenvalue weighted by molar-refractivity contribution is 0.0594. The number of allylic oxidation sites excluding steroid dienone is 2. The highest BCUT2D eigenvalue weighted by atomic mass is 15.3. The molecule has 4 nitrogen and oxygen atoms in total. The summed E-state index contributed by atoms with van der Waals surface area (Å²) < 4.78 is 0. The second-order valence-corrected chi connectivity index (χ2v) is 15.4. The third-order valence-corrected chi connectivity index (χ3v) is 14.5. The van der Waals surface area contributed by atoms with Crippen molar-refractivity contribution in [1.29, 1.82) is 0 Å². The fourth-order valence-electron chi connectivity index (χ4n) is 13.1. The topological polar surface area (TPSA) is 22.1 Å². The number of hydrogen-bond donors (Lipinski definition) is 0. The summed E-state index contributed by atoms with van der Waals surface area (Å²) in [7, 11) is 0. The van der Waals surface area contributed by atoms with E-state index in [2.05, 4.69) is 83.3 Å². The molecule has 7 heterocycles. The van der Waals surface area contributed by atoms with Crippen LogP contribution in [0, 0.1) is 23.2 Å².